The predicted molar refractivity (Wildman–Crippen MR) is 123 cm³/mol. The minimum Gasteiger partial charge on any atom is -0.454 e. The number of para-hydroxylation sites is 1. The van der Waals surface area contributed by atoms with Gasteiger partial charge in [-0.05, 0) is 48.9 Å². The molecular formula is C24H24N2O5S. The third-order valence-electron chi connectivity index (χ3n) is 5.07. The van der Waals surface area contributed by atoms with E-state index in [-0.39, 0.29) is 17.3 Å². The van der Waals surface area contributed by atoms with Gasteiger partial charge in [0.1, 0.15) is 0 Å². The predicted octanol–water partition coefficient (Wildman–Crippen LogP) is 4.66. The summed E-state index contributed by atoms with van der Waals surface area (Å²) in [7, 11) is -3.85. The molecule has 7 nitrogen and oxygen atoms in total. The van der Waals surface area contributed by atoms with Crippen molar-refractivity contribution in [1.82, 2.24) is 0 Å². The van der Waals surface area contributed by atoms with Crippen molar-refractivity contribution in [1.29, 1.82) is 0 Å². The highest BCUT2D eigenvalue weighted by Crippen LogP contribution is 2.34. The fourth-order valence-corrected chi connectivity index (χ4v) is 4.94. The highest BCUT2D eigenvalue weighted by Gasteiger charge is 2.25. The van der Waals surface area contributed by atoms with Gasteiger partial charge in [0, 0.05) is 23.9 Å². The Kier molecular flexibility index (Phi) is 6.32. The van der Waals surface area contributed by atoms with Crippen LogP contribution in [0.15, 0.2) is 77.7 Å². The molecular weight excluding hydrogens is 428 g/mol. The summed E-state index contributed by atoms with van der Waals surface area (Å²) < 4.78 is 38.9. The molecule has 32 heavy (non-hydrogen) atoms. The first-order chi connectivity index (χ1) is 15.5. The normalized spacial score (nSPS) is 12.4. The molecule has 0 unspecified atom stereocenters. The van der Waals surface area contributed by atoms with Gasteiger partial charge >= 0.3 is 0 Å². The molecule has 3 aromatic carbocycles. The standard InChI is InChI=1S/C24H24N2O5S/c1-2-3-14-26(20-9-5-4-6-10-20)32(28,29)21-11-7-8-18(15-21)24(27)25-19-12-13-22-23(16-19)31-17-30-22/h4-13,15-16H,2-3,14,17H2,1H3,(H,25,27). The number of fused-ring (bicyclic) bond motifs is 1. The zero-order valence-electron chi connectivity index (χ0n) is 17.7. The Morgan fingerprint density at radius 3 is 2.53 bits per heavy atom. The maximum Gasteiger partial charge on any atom is 0.264 e. The second-order valence-electron chi connectivity index (χ2n) is 7.32. The van der Waals surface area contributed by atoms with E-state index >= 15 is 0 Å². The van der Waals surface area contributed by atoms with Crippen molar-refractivity contribution in [2.45, 2.75) is 24.7 Å². The second-order valence-corrected chi connectivity index (χ2v) is 9.18. The topological polar surface area (TPSA) is 84.9 Å². The highest BCUT2D eigenvalue weighted by atomic mass is 32.2. The molecule has 0 radical (unpaired) electrons. The summed E-state index contributed by atoms with van der Waals surface area (Å²) in [5.41, 5.74) is 1.37. The number of carbonyl (C=O) groups is 1. The number of rotatable bonds is 8. The fraction of sp³-hybridized carbons (Fsp3) is 0.208. The van der Waals surface area contributed by atoms with Crippen LogP contribution < -0.4 is 19.1 Å². The number of anilines is 2. The Morgan fingerprint density at radius 2 is 1.75 bits per heavy atom. The van der Waals surface area contributed by atoms with Gasteiger partial charge < -0.3 is 14.8 Å². The van der Waals surface area contributed by atoms with E-state index in [4.69, 9.17) is 9.47 Å². The number of carbonyl (C=O) groups excluding carboxylic acids is 1. The average Bonchev–Trinajstić information content (AvgIpc) is 3.28. The van der Waals surface area contributed by atoms with Crippen molar-refractivity contribution in [3.63, 3.8) is 0 Å². The monoisotopic (exact) mass is 452 g/mol. The summed E-state index contributed by atoms with van der Waals surface area (Å²) in [4.78, 5) is 12.9. The summed E-state index contributed by atoms with van der Waals surface area (Å²) in [6.45, 7) is 2.51. The molecule has 3 aromatic rings. The average molecular weight is 453 g/mol. The van der Waals surface area contributed by atoms with Crippen LogP contribution in [0.4, 0.5) is 11.4 Å². The van der Waals surface area contributed by atoms with Gasteiger partial charge in [0.2, 0.25) is 6.79 Å². The number of hydrogen-bond donors (Lipinski definition) is 1. The molecule has 0 aliphatic carbocycles. The Morgan fingerprint density at radius 1 is 0.969 bits per heavy atom. The number of benzene rings is 3. The number of nitrogens with one attached hydrogen (secondary N) is 1. The Balaban J connectivity index is 1.59. The zero-order valence-corrected chi connectivity index (χ0v) is 18.5. The molecule has 0 spiro atoms. The lowest BCUT2D eigenvalue weighted by Gasteiger charge is -2.24. The van der Waals surface area contributed by atoms with Gasteiger partial charge in [-0.2, -0.15) is 0 Å². The van der Waals surface area contributed by atoms with Crippen LogP contribution in [-0.2, 0) is 10.0 Å². The van der Waals surface area contributed by atoms with E-state index in [0.717, 1.165) is 12.8 Å². The molecule has 0 saturated heterocycles. The molecule has 1 aliphatic heterocycles. The number of sulfonamides is 1. The molecule has 166 valence electrons. The van der Waals surface area contributed by atoms with E-state index in [1.54, 1.807) is 54.6 Å². The van der Waals surface area contributed by atoms with Crippen LogP contribution in [0.25, 0.3) is 0 Å². The summed E-state index contributed by atoms with van der Waals surface area (Å²) in [6, 6.07) is 20.1. The summed E-state index contributed by atoms with van der Waals surface area (Å²) in [5, 5.41) is 2.78. The third-order valence-corrected chi connectivity index (χ3v) is 6.90. The van der Waals surface area contributed by atoms with Crippen LogP contribution in [0.3, 0.4) is 0 Å². The SMILES string of the molecule is CCCCN(c1ccccc1)S(=O)(=O)c1cccc(C(=O)Nc2ccc3c(c2)OCO3)c1. The molecule has 8 heteroatoms. The third kappa shape index (κ3) is 4.55. The second kappa shape index (κ2) is 9.32. The lowest BCUT2D eigenvalue weighted by molar-refractivity contribution is 0.102. The van der Waals surface area contributed by atoms with Crippen LogP contribution in [0, 0.1) is 0 Å². The van der Waals surface area contributed by atoms with Crippen molar-refractivity contribution in [2.75, 3.05) is 23.0 Å². The first-order valence-electron chi connectivity index (χ1n) is 10.4. The van der Waals surface area contributed by atoms with Crippen molar-refractivity contribution in [3.8, 4) is 11.5 Å². The Labute approximate surface area is 187 Å². The quantitative estimate of drug-likeness (QED) is 0.537. The van der Waals surface area contributed by atoms with Crippen molar-refractivity contribution < 1.29 is 22.7 Å². The number of hydrogen-bond acceptors (Lipinski definition) is 5. The lowest BCUT2D eigenvalue weighted by Crippen LogP contribution is -2.32. The van der Waals surface area contributed by atoms with E-state index < -0.39 is 15.9 Å². The van der Waals surface area contributed by atoms with Gasteiger partial charge in [0.05, 0.1) is 10.6 Å². The molecule has 0 saturated carbocycles. The summed E-state index contributed by atoms with van der Waals surface area (Å²) >= 11 is 0. The van der Waals surface area contributed by atoms with Crippen LogP contribution in [0.1, 0.15) is 30.1 Å². The molecule has 0 bridgehead atoms. The van der Waals surface area contributed by atoms with Gasteiger partial charge in [-0.1, -0.05) is 37.6 Å². The minimum absolute atomic E-state index is 0.0655. The first kappa shape index (κ1) is 21.7. The zero-order chi connectivity index (χ0) is 22.6. The first-order valence-corrected chi connectivity index (χ1v) is 11.8. The lowest BCUT2D eigenvalue weighted by atomic mass is 10.2. The summed E-state index contributed by atoms with van der Waals surface area (Å²) in [6.07, 6.45) is 1.58. The molecule has 4 rings (SSSR count). The number of ether oxygens (including phenoxy) is 2. The molecule has 0 fully saturated rings. The van der Waals surface area contributed by atoms with Gasteiger partial charge in [0.15, 0.2) is 11.5 Å². The van der Waals surface area contributed by atoms with Crippen molar-refractivity contribution in [3.05, 3.63) is 78.4 Å². The molecule has 0 atom stereocenters. The smallest absolute Gasteiger partial charge is 0.264 e. The van der Waals surface area contributed by atoms with E-state index in [9.17, 15) is 13.2 Å². The maximum atomic E-state index is 13.5. The summed E-state index contributed by atoms with van der Waals surface area (Å²) in [5.74, 6) is 0.749. The fourth-order valence-electron chi connectivity index (χ4n) is 3.39. The van der Waals surface area contributed by atoms with Crippen LogP contribution in [0.5, 0.6) is 11.5 Å². The van der Waals surface area contributed by atoms with Crippen LogP contribution >= 0.6 is 0 Å². The number of unbranched alkanes of at least 4 members (excludes halogenated alkanes) is 1. The van der Waals surface area contributed by atoms with E-state index in [2.05, 4.69) is 5.32 Å². The van der Waals surface area contributed by atoms with Crippen molar-refractivity contribution in [2.24, 2.45) is 0 Å². The van der Waals surface area contributed by atoms with Crippen molar-refractivity contribution >= 4 is 27.3 Å². The van der Waals surface area contributed by atoms with Gasteiger partial charge in [-0.3, -0.25) is 9.10 Å². The van der Waals surface area contributed by atoms with Gasteiger partial charge in [-0.25, -0.2) is 8.42 Å². The van der Waals surface area contributed by atoms with Gasteiger partial charge in [0.25, 0.3) is 15.9 Å². The largest absolute Gasteiger partial charge is 0.454 e. The Bertz CT molecular complexity index is 1210. The molecule has 0 aromatic heterocycles. The molecule has 1 N–H and O–H groups in total. The Hall–Kier alpha value is -3.52. The van der Waals surface area contributed by atoms with Gasteiger partial charge in [-0.15, -0.1) is 0 Å². The van der Waals surface area contributed by atoms with E-state index in [0.29, 0.717) is 29.4 Å². The molecule has 1 aliphatic rings. The van der Waals surface area contributed by atoms with E-state index in [1.165, 1.54) is 16.4 Å². The van der Waals surface area contributed by atoms with Crippen LogP contribution in [0.2, 0.25) is 0 Å². The number of nitrogens with zero attached hydrogens (tertiary/aromatic N) is 1. The highest BCUT2D eigenvalue weighted by molar-refractivity contribution is 7.92. The molecule has 1 heterocycles. The number of amides is 1. The maximum absolute atomic E-state index is 13.5. The van der Waals surface area contributed by atoms with E-state index in [1.807, 2.05) is 13.0 Å². The van der Waals surface area contributed by atoms with Crippen LogP contribution in [-0.4, -0.2) is 27.7 Å². The minimum atomic E-state index is -3.85. The molecule has 1 amide bonds.